The molecular formula is C14H15F3N2O3. The third-order valence-electron chi connectivity index (χ3n) is 3.53. The number of hydrogen-bond donors (Lipinski definition) is 0. The maximum atomic E-state index is 13.2. The minimum Gasteiger partial charge on any atom is -0.465 e. The number of halogens is 3. The standard InChI is InChI=1S/C14H15F3N2O3/c1-22-13(21)10-2-3-12(11(8-10)14(15,16)17)19-6-4-18(9-20)5-7-19/h2-3,8-9H,4-7H2,1H3. The summed E-state index contributed by atoms with van der Waals surface area (Å²) >= 11 is 0. The molecule has 0 spiro atoms. The average molecular weight is 316 g/mol. The van der Waals surface area contributed by atoms with Crippen molar-refractivity contribution in [3.8, 4) is 0 Å². The molecule has 1 saturated heterocycles. The molecule has 1 aromatic carbocycles. The molecular weight excluding hydrogens is 301 g/mol. The van der Waals surface area contributed by atoms with Crippen LogP contribution in [0.25, 0.3) is 0 Å². The van der Waals surface area contributed by atoms with Crippen molar-refractivity contribution in [2.24, 2.45) is 0 Å². The molecule has 1 aromatic rings. The van der Waals surface area contributed by atoms with Crippen LogP contribution in [0.4, 0.5) is 18.9 Å². The molecule has 22 heavy (non-hydrogen) atoms. The number of alkyl halides is 3. The van der Waals surface area contributed by atoms with Crippen molar-refractivity contribution < 1.29 is 27.5 Å². The zero-order valence-electron chi connectivity index (χ0n) is 11.9. The molecule has 1 heterocycles. The Kier molecular flexibility index (Phi) is 4.58. The molecule has 5 nitrogen and oxygen atoms in total. The monoisotopic (exact) mass is 316 g/mol. The highest BCUT2D eigenvalue weighted by atomic mass is 19.4. The number of rotatable bonds is 3. The third-order valence-corrected chi connectivity index (χ3v) is 3.53. The average Bonchev–Trinajstić information content (AvgIpc) is 2.53. The largest absolute Gasteiger partial charge is 0.465 e. The number of carbonyl (C=O) groups excluding carboxylic acids is 2. The van der Waals surface area contributed by atoms with E-state index in [2.05, 4.69) is 4.74 Å². The molecule has 0 atom stereocenters. The van der Waals surface area contributed by atoms with Gasteiger partial charge < -0.3 is 14.5 Å². The molecule has 1 aliphatic heterocycles. The summed E-state index contributed by atoms with van der Waals surface area (Å²) < 4.78 is 44.2. The second-order valence-corrected chi connectivity index (χ2v) is 4.85. The van der Waals surface area contributed by atoms with Crippen LogP contribution in [-0.2, 0) is 15.7 Å². The lowest BCUT2D eigenvalue weighted by Crippen LogP contribution is -2.46. The summed E-state index contributed by atoms with van der Waals surface area (Å²) in [4.78, 5) is 25.1. The summed E-state index contributed by atoms with van der Waals surface area (Å²) in [6, 6.07) is 3.38. The highest BCUT2D eigenvalue weighted by molar-refractivity contribution is 5.90. The van der Waals surface area contributed by atoms with E-state index in [-0.39, 0.29) is 11.3 Å². The lowest BCUT2D eigenvalue weighted by Gasteiger charge is -2.35. The summed E-state index contributed by atoms with van der Waals surface area (Å²) in [5, 5.41) is 0. The molecule has 0 unspecified atom stereocenters. The number of methoxy groups -OCH3 is 1. The van der Waals surface area contributed by atoms with Gasteiger partial charge in [0.15, 0.2) is 0 Å². The number of anilines is 1. The minimum atomic E-state index is -4.58. The Labute approximate surface area is 125 Å². The number of hydrogen-bond acceptors (Lipinski definition) is 4. The van der Waals surface area contributed by atoms with E-state index in [9.17, 15) is 22.8 Å². The van der Waals surface area contributed by atoms with Gasteiger partial charge in [0.05, 0.1) is 18.2 Å². The molecule has 1 aliphatic rings. The summed E-state index contributed by atoms with van der Waals surface area (Å²) in [7, 11) is 1.11. The van der Waals surface area contributed by atoms with Crippen LogP contribution in [0.3, 0.4) is 0 Å². The Balaban J connectivity index is 2.35. The van der Waals surface area contributed by atoms with E-state index in [0.717, 1.165) is 13.2 Å². The van der Waals surface area contributed by atoms with E-state index in [4.69, 9.17) is 0 Å². The number of ether oxygens (including phenoxy) is 1. The van der Waals surface area contributed by atoms with Gasteiger partial charge in [-0.15, -0.1) is 0 Å². The normalized spacial score (nSPS) is 15.6. The Morgan fingerprint density at radius 3 is 2.36 bits per heavy atom. The smallest absolute Gasteiger partial charge is 0.418 e. The van der Waals surface area contributed by atoms with Crippen molar-refractivity contribution in [1.29, 1.82) is 0 Å². The highest BCUT2D eigenvalue weighted by Crippen LogP contribution is 2.37. The third kappa shape index (κ3) is 3.32. The van der Waals surface area contributed by atoms with E-state index in [1.807, 2.05) is 0 Å². The number of esters is 1. The molecule has 1 fully saturated rings. The zero-order valence-corrected chi connectivity index (χ0v) is 11.9. The number of carbonyl (C=O) groups is 2. The van der Waals surface area contributed by atoms with Crippen LogP contribution in [0.5, 0.6) is 0 Å². The van der Waals surface area contributed by atoms with Crippen LogP contribution in [-0.4, -0.2) is 50.6 Å². The second kappa shape index (κ2) is 6.25. The minimum absolute atomic E-state index is 0.00528. The maximum absolute atomic E-state index is 13.2. The quantitative estimate of drug-likeness (QED) is 0.630. The van der Waals surface area contributed by atoms with Gasteiger partial charge in [-0.3, -0.25) is 4.79 Å². The molecule has 8 heteroatoms. The van der Waals surface area contributed by atoms with Crippen molar-refractivity contribution in [1.82, 2.24) is 4.90 Å². The zero-order chi connectivity index (χ0) is 16.3. The number of nitrogens with zero attached hydrogens (tertiary/aromatic N) is 2. The van der Waals surface area contributed by atoms with Crippen molar-refractivity contribution in [2.45, 2.75) is 6.18 Å². The topological polar surface area (TPSA) is 49.9 Å². The molecule has 0 radical (unpaired) electrons. The van der Waals surface area contributed by atoms with E-state index < -0.39 is 17.7 Å². The summed E-state index contributed by atoms with van der Waals surface area (Å²) in [6.07, 6.45) is -3.90. The first-order valence-electron chi connectivity index (χ1n) is 6.60. The predicted octanol–water partition coefficient (Wildman–Crippen LogP) is 1.77. The van der Waals surface area contributed by atoms with E-state index >= 15 is 0 Å². The second-order valence-electron chi connectivity index (χ2n) is 4.85. The number of benzene rings is 1. The molecule has 2 rings (SSSR count). The van der Waals surface area contributed by atoms with Crippen molar-refractivity contribution in [3.63, 3.8) is 0 Å². The van der Waals surface area contributed by atoms with Gasteiger partial charge in [0.1, 0.15) is 0 Å². The Bertz CT molecular complexity index is 567. The fourth-order valence-corrected chi connectivity index (χ4v) is 2.35. The van der Waals surface area contributed by atoms with E-state index in [1.165, 1.54) is 17.0 Å². The van der Waals surface area contributed by atoms with Crippen LogP contribution in [0.2, 0.25) is 0 Å². The molecule has 1 amide bonds. The molecule has 0 saturated carbocycles. The maximum Gasteiger partial charge on any atom is 0.418 e. The van der Waals surface area contributed by atoms with Crippen LogP contribution < -0.4 is 4.90 Å². The first-order valence-corrected chi connectivity index (χ1v) is 6.60. The van der Waals surface area contributed by atoms with Gasteiger partial charge >= 0.3 is 12.1 Å². The van der Waals surface area contributed by atoms with Gasteiger partial charge in [-0.1, -0.05) is 0 Å². The lowest BCUT2D eigenvalue weighted by molar-refractivity contribution is -0.137. The van der Waals surface area contributed by atoms with Crippen LogP contribution in [0.1, 0.15) is 15.9 Å². The van der Waals surface area contributed by atoms with Crippen LogP contribution in [0, 0.1) is 0 Å². The Morgan fingerprint density at radius 1 is 1.23 bits per heavy atom. The fourth-order valence-electron chi connectivity index (χ4n) is 2.35. The molecule has 0 aromatic heterocycles. The highest BCUT2D eigenvalue weighted by Gasteiger charge is 2.36. The van der Waals surface area contributed by atoms with E-state index in [0.29, 0.717) is 32.6 Å². The van der Waals surface area contributed by atoms with Crippen molar-refractivity contribution in [2.75, 3.05) is 38.2 Å². The van der Waals surface area contributed by atoms with Crippen molar-refractivity contribution >= 4 is 18.1 Å². The molecule has 120 valence electrons. The predicted molar refractivity (Wildman–Crippen MR) is 72.6 cm³/mol. The summed E-state index contributed by atoms with van der Waals surface area (Å²) in [6.45, 7) is 1.33. The van der Waals surface area contributed by atoms with Crippen LogP contribution >= 0.6 is 0 Å². The van der Waals surface area contributed by atoms with Gasteiger partial charge in [-0.25, -0.2) is 4.79 Å². The van der Waals surface area contributed by atoms with Gasteiger partial charge in [0.2, 0.25) is 6.41 Å². The molecule has 0 N–H and O–H groups in total. The number of piperazine rings is 1. The Morgan fingerprint density at radius 2 is 1.86 bits per heavy atom. The lowest BCUT2D eigenvalue weighted by atomic mass is 10.1. The van der Waals surface area contributed by atoms with Gasteiger partial charge in [0.25, 0.3) is 0 Å². The fraction of sp³-hybridized carbons (Fsp3) is 0.429. The SMILES string of the molecule is COC(=O)c1ccc(N2CCN(C=O)CC2)c(C(F)(F)F)c1. The Hall–Kier alpha value is -2.25. The van der Waals surface area contributed by atoms with Crippen molar-refractivity contribution in [3.05, 3.63) is 29.3 Å². The first kappa shape index (κ1) is 16.1. The van der Waals surface area contributed by atoms with Gasteiger partial charge in [-0.2, -0.15) is 13.2 Å². The number of amides is 1. The first-order chi connectivity index (χ1) is 10.4. The molecule has 0 aliphatic carbocycles. The molecule has 0 bridgehead atoms. The summed E-state index contributed by atoms with van der Waals surface area (Å²) in [5.41, 5.74) is -1.02. The summed E-state index contributed by atoms with van der Waals surface area (Å²) in [5.74, 6) is -0.817. The van der Waals surface area contributed by atoms with Gasteiger partial charge in [-0.05, 0) is 18.2 Å². The van der Waals surface area contributed by atoms with E-state index in [1.54, 1.807) is 4.90 Å². The van der Waals surface area contributed by atoms with Crippen LogP contribution in [0.15, 0.2) is 18.2 Å². The van der Waals surface area contributed by atoms with Gasteiger partial charge in [0, 0.05) is 31.9 Å².